The van der Waals surface area contributed by atoms with Crippen molar-refractivity contribution < 1.29 is 0 Å². The maximum atomic E-state index is 4.42. The Morgan fingerprint density at radius 2 is 2.27 bits per heavy atom. The van der Waals surface area contributed by atoms with Gasteiger partial charge in [0.1, 0.15) is 5.82 Å². The molecule has 0 unspecified atom stereocenters. The number of aromatic nitrogens is 4. The number of fused-ring (bicyclic) bond motifs is 1. The summed E-state index contributed by atoms with van der Waals surface area (Å²) < 4.78 is 1.73. The summed E-state index contributed by atoms with van der Waals surface area (Å²) in [5.74, 6) is 1.67. The van der Waals surface area contributed by atoms with Crippen LogP contribution in [0, 0.1) is 6.92 Å². The predicted octanol–water partition coefficient (Wildman–Crippen LogP) is 1.05. The molecular weight excluding hydrogens is 190 g/mol. The van der Waals surface area contributed by atoms with Crippen LogP contribution in [0.15, 0.2) is 24.8 Å². The molecule has 0 aliphatic carbocycles. The van der Waals surface area contributed by atoms with E-state index in [4.69, 9.17) is 0 Å². The molecule has 0 amide bonds. The van der Waals surface area contributed by atoms with Crippen LogP contribution in [0.3, 0.4) is 0 Å². The number of nitrogens with zero attached hydrogens (tertiary/aromatic N) is 5. The van der Waals surface area contributed by atoms with Crippen LogP contribution in [-0.4, -0.2) is 33.4 Å². The molecule has 0 saturated heterocycles. The van der Waals surface area contributed by atoms with Crippen molar-refractivity contribution in [2.75, 3.05) is 18.5 Å². The molecule has 0 aromatic carbocycles. The maximum Gasteiger partial charge on any atom is 0.178 e. The van der Waals surface area contributed by atoms with Crippen molar-refractivity contribution in [3.05, 3.63) is 30.6 Å². The lowest BCUT2D eigenvalue weighted by Gasteiger charge is -2.15. The number of hydrogen-bond acceptors (Lipinski definition) is 4. The first-order valence-corrected chi connectivity index (χ1v) is 4.73. The van der Waals surface area contributed by atoms with E-state index in [1.165, 1.54) is 0 Å². The third-order valence-electron chi connectivity index (χ3n) is 2.20. The van der Waals surface area contributed by atoms with Crippen LogP contribution in [0.2, 0.25) is 0 Å². The number of aryl methyl sites for hydroxylation is 1. The molecule has 15 heavy (non-hydrogen) atoms. The normalized spacial score (nSPS) is 10.5. The van der Waals surface area contributed by atoms with Gasteiger partial charge in [-0.15, -0.1) is 21.9 Å². The SMILES string of the molecule is C=CCN(C)c1ccc2nnc(C)n2n1. The fraction of sp³-hybridized carbons (Fsp3) is 0.300. The van der Waals surface area contributed by atoms with Gasteiger partial charge in [-0.25, -0.2) is 0 Å². The maximum absolute atomic E-state index is 4.42. The molecule has 0 bridgehead atoms. The summed E-state index contributed by atoms with van der Waals surface area (Å²) >= 11 is 0. The van der Waals surface area contributed by atoms with Gasteiger partial charge in [0.15, 0.2) is 11.5 Å². The molecule has 2 aromatic rings. The summed E-state index contributed by atoms with van der Waals surface area (Å²) in [5.41, 5.74) is 0.767. The molecule has 2 aromatic heterocycles. The van der Waals surface area contributed by atoms with E-state index >= 15 is 0 Å². The summed E-state index contributed by atoms with van der Waals surface area (Å²) in [6.07, 6.45) is 1.84. The van der Waals surface area contributed by atoms with E-state index in [0.29, 0.717) is 0 Å². The zero-order chi connectivity index (χ0) is 10.8. The predicted molar refractivity (Wildman–Crippen MR) is 59.0 cm³/mol. The molecule has 78 valence electrons. The second-order valence-corrected chi connectivity index (χ2v) is 3.38. The molecule has 0 spiro atoms. The number of likely N-dealkylation sites (N-methyl/N-ethyl adjacent to an activating group) is 1. The monoisotopic (exact) mass is 203 g/mol. The molecule has 0 aliphatic rings. The number of hydrogen-bond donors (Lipinski definition) is 0. The van der Waals surface area contributed by atoms with E-state index in [0.717, 1.165) is 23.8 Å². The third kappa shape index (κ3) is 1.68. The Hall–Kier alpha value is -1.91. The van der Waals surface area contributed by atoms with Gasteiger partial charge in [0.2, 0.25) is 0 Å². The van der Waals surface area contributed by atoms with E-state index in [9.17, 15) is 0 Å². The van der Waals surface area contributed by atoms with Crippen LogP contribution in [0.5, 0.6) is 0 Å². The minimum absolute atomic E-state index is 0.764. The first-order valence-electron chi connectivity index (χ1n) is 4.73. The zero-order valence-corrected chi connectivity index (χ0v) is 8.88. The highest BCUT2D eigenvalue weighted by molar-refractivity contribution is 5.45. The van der Waals surface area contributed by atoms with E-state index in [1.807, 2.05) is 37.1 Å². The van der Waals surface area contributed by atoms with Crippen molar-refractivity contribution >= 4 is 11.5 Å². The van der Waals surface area contributed by atoms with Gasteiger partial charge in [-0.3, -0.25) is 0 Å². The smallest absolute Gasteiger partial charge is 0.178 e. The molecule has 0 fully saturated rings. The Morgan fingerprint density at radius 3 is 3.00 bits per heavy atom. The van der Waals surface area contributed by atoms with Crippen LogP contribution in [0.4, 0.5) is 5.82 Å². The lowest BCUT2D eigenvalue weighted by atomic mass is 10.4. The van der Waals surface area contributed by atoms with E-state index in [1.54, 1.807) is 4.52 Å². The van der Waals surface area contributed by atoms with Gasteiger partial charge in [0.25, 0.3) is 0 Å². The molecule has 5 heteroatoms. The molecule has 0 atom stereocenters. The van der Waals surface area contributed by atoms with E-state index in [-0.39, 0.29) is 0 Å². The molecule has 2 rings (SSSR count). The fourth-order valence-corrected chi connectivity index (χ4v) is 1.38. The standard InChI is InChI=1S/C10H13N5/c1-4-7-14(3)10-6-5-9-12-11-8(2)15(9)13-10/h4-6H,1,7H2,2-3H3. The molecule has 0 aliphatic heterocycles. The summed E-state index contributed by atoms with van der Waals surface area (Å²) in [4.78, 5) is 2.01. The van der Waals surface area contributed by atoms with Crippen molar-refractivity contribution in [3.8, 4) is 0 Å². The Kier molecular flexibility index (Phi) is 2.37. The van der Waals surface area contributed by atoms with Crippen molar-refractivity contribution in [2.45, 2.75) is 6.92 Å². The first kappa shape index (κ1) is 9.64. The highest BCUT2D eigenvalue weighted by Crippen LogP contribution is 2.10. The van der Waals surface area contributed by atoms with Gasteiger partial charge in [0.05, 0.1) is 0 Å². The van der Waals surface area contributed by atoms with Crippen molar-refractivity contribution in [1.29, 1.82) is 0 Å². The minimum Gasteiger partial charge on any atom is -0.355 e. The molecule has 0 N–H and O–H groups in total. The fourth-order valence-electron chi connectivity index (χ4n) is 1.38. The first-order chi connectivity index (χ1) is 7.22. The topological polar surface area (TPSA) is 46.3 Å². The average molecular weight is 203 g/mol. The third-order valence-corrected chi connectivity index (χ3v) is 2.20. The molecular formula is C10H13N5. The summed E-state index contributed by atoms with van der Waals surface area (Å²) in [6.45, 7) is 6.34. The summed E-state index contributed by atoms with van der Waals surface area (Å²) in [6, 6.07) is 3.83. The lowest BCUT2D eigenvalue weighted by Crippen LogP contribution is -2.19. The van der Waals surface area contributed by atoms with Crippen molar-refractivity contribution in [3.63, 3.8) is 0 Å². The van der Waals surface area contributed by atoms with Crippen LogP contribution >= 0.6 is 0 Å². The zero-order valence-electron chi connectivity index (χ0n) is 8.88. The minimum atomic E-state index is 0.764. The Labute approximate surface area is 88.0 Å². The number of rotatable bonds is 3. The Bertz CT molecular complexity index is 488. The second kappa shape index (κ2) is 3.68. The molecule has 5 nitrogen and oxygen atoms in total. The van der Waals surface area contributed by atoms with E-state index < -0.39 is 0 Å². The van der Waals surface area contributed by atoms with Gasteiger partial charge in [-0.2, -0.15) is 4.52 Å². The van der Waals surface area contributed by atoms with Crippen LogP contribution in [0.25, 0.3) is 5.65 Å². The van der Waals surface area contributed by atoms with Crippen LogP contribution in [0.1, 0.15) is 5.82 Å². The van der Waals surface area contributed by atoms with Gasteiger partial charge >= 0.3 is 0 Å². The summed E-state index contributed by atoms with van der Waals surface area (Å²) in [7, 11) is 1.97. The van der Waals surface area contributed by atoms with E-state index in [2.05, 4.69) is 21.9 Å². The molecule has 0 radical (unpaired) electrons. The summed E-state index contributed by atoms with van der Waals surface area (Å²) in [5, 5.41) is 12.4. The highest BCUT2D eigenvalue weighted by Gasteiger charge is 2.05. The molecule has 0 saturated carbocycles. The Morgan fingerprint density at radius 1 is 1.47 bits per heavy atom. The largest absolute Gasteiger partial charge is 0.355 e. The van der Waals surface area contributed by atoms with Gasteiger partial charge in [-0.1, -0.05) is 6.08 Å². The van der Waals surface area contributed by atoms with Gasteiger partial charge < -0.3 is 4.90 Å². The number of anilines is 1. The van der Waals surface area contributed by atoms with Crippen molar-refractivity contribution in [2.24, 2.45) is 0 Å². The van der Waals surface area contributed by atoms with Crippen LogP contribution in [-0.2, 0) is 0 Å². The van der Waals surface area contributed by atoms with Crippen LogP contribution < -0.4 is 4.90 Å². The van der Waals surface area contributed by atoms with Gasteiger partial charge in [0, 0.05) is 13.6 Å². The Balaban J connectivity index is 2.45. The van der Waals surface area contributed by atoms with Gasteiger partial charge in [-0.05, 0) is 19.1 Å². The van der Waals surface area contributed by atoms with Crippen molar-refractivity contribution in [1.82, 2.24) is 19.8 Å². The lowest BCUT2D eigenvalue weighted by molar-refractivity contribution is 0.845. The quantitative estimate of drug-likeness (QED) is 0.700. The highest BCUT2D eigenvalue weighted by atomic mass is 15.4. The second-order valence-electron chi connectivity index (χ2n) is 3.38. The average Bonchev–Trinajstić information content (AvgIpc) is 2.60. The molecule has 2 heterocycles.